The molecule has 1 heterocycles. The fourth-order valence-corrected chi connectivity index (χ4v) is 7.10. The number of carbonyl (C=O) groups excluding carboxylic acids is 1. The van der Waals surface area contributed by atoms with E-state index >= 15 is 0 Å². The van der Waals surface area contributed by atoms with E-state index in [-0.39, 0.29) is 17.1 Å². The number of carboxylic acids is 2. The molecule has 0 radical (unpaired) electrons. The first-order valence-corrected chi connectivity index (χ1v) is 12.7. The van der Waals surface area contributed by atoms with E-state index in [2.05, 4.69) is 0 Å². The van der Waals surface area contributed by atoms with E-state index in [0.717, 1.165) is 90.1 Å². The first-order chi connectivity index (χ1) is 16.2. The molecule has 1 aliphatic heterocycles. The zero-order valence-corrected chi connectivity index (χ0v) is 20.8. The number of carbonyl (C=O) groups is 3. The van der Waals surface area contributed by atoms with Crippen LogP contribution in [-0.2, 0) is 28.6 Å². The van der Waals surface area contributed by atoms with Crippen molar-refractivity contribution >= 4 is 18.2 Å². The van der Waals surface area contributed by atoms with E-state index in [1.807, 2.05) is 0 Å². The van der Waals surface area contributed by atoms with Crippen molar-refractivity contribution in [1.82, 2.24) is 0 Å². The van der Waals surface area contributed by atoms with Gasteiger partial charge in [-0.05, 0) is 87.9 Å². The molecule has 8 nitrogen and oxygen atoms in total. The molecule has 0 aromatic heterocycles. The number of aliphatic carboxylic acids is 2. The van der Waals surface area contributed by atoms with Crippen molar-refractivity contribution < 1.29 is 38.8 Å². The molecule has 0 amide bonds. The lowest BCUT2D eigenvalue weighted by molar-refractivity contribution is -0.149. The van der Waals surface area contributed by atoms with Crippen LogP contribution in [0.3, 0.4) is 0 Å². The molecule has 34 heavy (non-hydrogen) atoms. The molecule has 4 bridgehead atoms. The Bertz CT molecular complexity index is 701. The molecule has 0 aromatic carbocycles. The number of fused-ring (bicyclic) bond motifs is 4. The van der Waals surface area contributed by atoms with E-state index in [1.54, 1.807) is 14.2 Å². The Balaban J connectivity index is 0.000000161. The van der Waals surface area contributed by atoms with Crippen molar-refractivity contribution in [3.05, 3.63) is 0 Å². The summed E-state index contributed by atoms with van der Waals surface area (Å²) in [5.74, 6) is -1.27. The van der Waals surface area contributed by atoms with Gasteiger partial charge < -0.3 is 29.2 Å². The summed E-state index contributed by atoms with van der Waals surface area (Å²) in [6, 6.07) is 0. The third-order valence-corrected chi connectivity index (χ3v) is 9.34. The molecule has 0 atom stereocenters. The highest BCUT2D eigenvalue weighted by molar-refractivity contribution is 5.76. The Morgan fingerprint density at radius 3 is 1.59 bits per heavy atom. The summed E-state index contributed by atoms with van der Waals surface area (Å²) in [4.78, 5) is 32.8. The number of rotatable bonds is 8. The third-order valence-electron chi connectivity index (χ3n) is 9.34. The predicted molar refractivity (Wildman–Crippen MR) is 124 cm³/mol. The number of carboxylic acid groups (broad SMARTS) is 2. The topological polar surface area (TPSA) is 119 Å². The summed E-state index contributed by atoms with van der Waals surface area (Å²) in [5, 5.41) is 18.4. The summed E-state index contributed by atoms with van der Waals surface area (Å²) in [6.07, 6.45) is 13.3. The minimum absolute atomic E-state index is 0.0557. The maximum Gasteiger partial charge on any atom is 0.309 e. The highest BCUT2D eigenvalue weighted by Gasteiger charge is 2.59. The summed E-state index contributed by atoms with van der Waals surface area (Å²) < 4.78 is 15.4. The molecular weight excluding hydrogens is 440 g/mol. The lowest BCUT2D eigenvalue weighted by Gasteiger charge is -2.29. The van der Waals surface area contributed by atoms with Crippen LogP contribution in [0.5, 0.6) is 0 Å². The number of aldehydes is 1. The van der Waals surface area contributed by atoms with Crippen molar-refractivity contribution in [2.24, 2.45) is 21.7 Å². The highest BCUT2D eigenvalue weighted by atomic mass is 16.7. The first-order valence-electron chi connectivity index (χ1n) is 12.7. The van der Waals surface area contributed by atoms with E-state index in [0.29, 0.717) is 6.42 Å². The zero-order chi connectivity index (χ0) is 24.9. The van der Waals surface area contributed by atoms with Gasteiger partial charge in [0, 0.05) is 40.3 Å². The number of hydrogen-bond donors (Lipinski definition) is 2. The highest BCUT2D eigenvalue weighted by Crippen LogP contribution is 2.64. The van der Waals surface area contributed by atoms with Gasteiger partial charge in [-0.3, -0.25) is 9.59 Å². The van der Waals surface area contributed by atoms with Gasteiger partial charge in [0.25, 0.3) is 0 Å². The van der Waals surface area contributed by atoms with Crippen molar-refractivity contribution in [2.75, 3.05) is 27.4 Å². The largest absolute Gasteiger partial charge is 0.481 e. The predicted octanol–water partition coefficient (Wildman–Crippen LogP) is 4.44. The number of hydrogen-bond acceptors (Lipinski definition) is 6. The lowest BCUT2D eigenvalue weighted by atomic mass is 9.80. The van der Waals surface area contributed by atoms with Gasteiger partial charge in [0.2, 0.25) is 0 Å². The smallest absolute Gasteiger partial charge is 0.309 e. The monoisotopic (exact) mass is 482 g/mol. The van der Waals surface area contributed by atoms with Gasteiger partial charge in [0.1, 0.15) is 6.29 Å². The van der Waals surface area contributed by atoms with Crippen LogP contribution < -0.4 is 0 Å². The Hall–Kier alpha value is -1.51. The van der Waals surface area contributed by atoms with Crippen molar-refractivity contribution in [3.63, 3.8) is 0 Å². The maximum atomic E-state index is 11.3. The van der Waals surface area contributed by atoms with Crippen LogP contribution in [0.15, 0.2) is 0 Å². The summed E-state index contributed by atoms with van der Waals surface area (Å²) in [7, 11) is 3.28. The van der Waals surface area contributed by atoms with Gasteiger partial charge in [-0.2, -0.15) is 0 Å². The molecule has 1 saturated heterocycles. The van der Waals surface area contributed by atoms with E-state index in [4.69, 9.17) is 19.3 Å². The minimum atomic E-state index is -0.655. The van der Waals surface area contributed by atoms with Crippen LogP contribution in [0.1, 0.15) is 89.9 Å². The van der Waals surface area contributed by atoms with Crippen LogP contribution in [0.25, 0.3) is 0 Å². The van der Waals surface area contributed by atoms with E-state index < -0.39 is 22.8 Å². The zero-order valence-electron chi connectivity index (χ0n) is 20.8. The second-order valence-electron chi connectivity index (χ2n) is 11.3. The van der Waals surface area contributed by atoms with Gasteiger partial charge in [0.05, 0.1) is 10.8 Å². The molecule has 0 spiro atoms. The Morgan fingerprint density at radius 1 is 0.824 bits per heavy atom. The SMILES string of the molecule is C1CCOC1.COC(CC12CCC(C(=O)O)(CC1)C2)OC.O=CCC12CCC(C(=O)O)(CC1)C2. The minimum Gasteiger partial charge on any atom is -0.481 e. The molecule has 5 fully saturated rings. The fraction of sp³-hybridized carbons (Fsp3) is 0.885. The molecule has 0 aromatic rings. The summed E-state index contributed by atoms with van der Waals surface area (Å²) in [6.45, 7) is 2.00. The van der Waals surface area contributed by atoms with E-state index in [9.17, 15) is 19.5 Å². The quantitative estimate of drug-likeness (QED) is 0.385. The van der Waals surface area contributed by atoms with Crippen molar-refractivity contribution in [3.8, 4) is 0 Å². The lowest BCUT2D eigenvalue weighted by Crippen LogP contribution is -2.25. The molecular formula is C26H42O8. The molecule has 2 N–H and O–H groups in total. The van der Waals surface area contributed by atoms with Crippen LogP contribution in [-0.4, -0.2) is 62.2 Å². The molecule has 8 heteroatoms. The van der Waals surface area contributed by atoms with Crippen LogP contribution in [0, 0.1) is 21.7 Å². The third kappa shape index (κ3) is 5.65. The van der Waals surface area contributed by atoms with Crippen molar-refractivity contribution in [1.29, 1.82) is 0 Å². The first kappa shape index (κ1) is 27.1. The standard InChI is InChI=1S/C12H20O4.C10H14O3.C4H8O/c1-15-9(16-2)7-11-3-5-12(8-11,6-4-11)10(13)14;11-6-5-9-1-3-10(7-9,4-2-9)8(12)13;1-2-4-5-3-1/h9H,3-8H2,1-2H3,(H,13,14);6H,1-5,7H2,(H,12,13);1-4H2. The number of ether oxygens (including phenoxy) is 3. The molecule has 0 unspecified atom stereocenters. The normalized spacial score (nSPS) is 37.1. The van der Waals surface area contributed by atoms with Crippen LogP contribution in [0.2, 0.25) is 0 Å². The van der Waals surface area contributed by atoms with Gasteiger partial charge in [-0.1, -0.05) is 0 Å². The Kier molecular flexibility index (Phi) is 8.80. The maximum absolute atomic E-state index is 11.3. The molecule has 4 saturated carbocycles. The second-order valence-corrected chi connectivity index (χ2v) is 11.3. The molecule has 4 aliphatic carbocycles. The van der Waals surface area contributed by atoms with Gasteiger partial charge >= 0.3 is 11.9 Å². The van der Waals surface area contributed by atoms with Gasteiger partial charge in [0.15, 0.2) is 6.29 Å². The molecule has 194 valence electrons. The van der Waals surface area contributed by atoms with Gasteiger partial charge in [-0.15, -0.1) is 0 Å². The van der Waals surface area contributed by atoms with Crippen LogP contribution in [0.4, 0.5) is 0 Å². The molecule has 5 aliphatic rings. The van der Waals surface area contributed by atoms with Crippen LogP contribution >= 0.6 is 0 Å². The summed E-state index contributed by atoms with van der Waals surface area (Å²) in [5.41, 5.74) is -0.704. The Morgan fingerprint density at radius 2 is 1.26 bits per heavy atom. The Labute approximate surface area is 202 Å². The second kappa shape index (κ2) is 11.0. The van der Waals surface area contributed by atoms with Crippen molar-refractivity contribution in [2.45, 2.75) is 96.2 Å². The average Bonchev–Trinajstić information content (AvgIpc) is 3.65. The molecule has 5 rings (SSSR count). The average molecular weight is 483 g/mol. The fourth-order valence-electron chi connectivity index (χ4n) is 7.10. The van der Waals surface area contributed by atoms with E-state index in [1.165, 1.54) is 12.8 Å². The summed E-state index contributed by atoms with van der Waals surface area (Å²) >= 11 is 0. The van der Waals surface area contributed by atoms with Gasteiger partial charge in [-0.25, -0.2) is 0 Å². The number of methoxy groups -OCH3 is 2.